The molecule has 1 N–H and O–H groups in total. The first-order valence-corrected chi connectivity index (χ1v) is 10.0. The molecule has 3 amide bonds. The normalized spacial score (nSPS) is 16.7. The third-order valence-corrected chi connectivity index (χ3v) is 5.60. The second-order valence-corrected chi connectivity index (χ2v) is 8.37. The standard InChI is InChI=1S/C23H29N3O3/c1-13(2)9-20-22(28)25(23(29)24-20)12-21(27)19-11-16(5)26(17(19)6)18-8-7-14(3)15(4)10-18/h7-8,10-11,13,20H,9,12H2,1-6H3,(H,24,29). The minimum atomic E-state index is -0.543. The maximum atomic E-state index is 13.0. The molecule has 154 valence electrons. The van der Waals surface area contributed by atoms with Crippen molar-refractivity contribution in [2.75, 3.05) is 6.54 Å². The minimum Gasteiger partial charge on any atom is -0.326 e. The fourth-order valence-electron chi connectivity index (χ4n) is 3.89. The summed E-state index contributed by atoms with van der Waals surface area (Å²) in [7, 11) is 0. The van der Waals surface area contributed by atoms with E-state index in [4.69, 9.17) is 0 Å². The Morgan fingerprint density at radius 2 is 1.76 bits per heavy atom. The zero-order valence-corrected chi connectivity index (χ0v) is 18.0. The second kappa shape index (κ2) is 7.85. The molecule has 0 saturated carbocycles. The Balaban J connectivity index is 1.85. The van der Waals surface area contributed by atoms with Crippen LogP contribution in [0.4, 0.5) is 4.79 Å². The SMILES string of the molecule is Cc1ccc(-n2c(C)cc(C(=O)CN3C(=O)NC(CC(C)C)C3=O)c2C)cc1C. The number of urea groups is 1. The number of hydrogen-bond acceptors (Lipinski definition) is 3. The quantitative estimate of drug-likeness (QED) is 0.596. The zero-order valence-electron chi connectivity index (χ0n) is 18.0. The lowest BCUT2D eigenvalue weighted by atomic mass is 10.0. The van der Waals surface area contributed by atoms with Crippen LogP contribution in [0.1, 0.15) is 53.1 Å². The summed E-state index contributed by atoms with van der Waals surface area (Å²) in [6.45, 7) is 11.7. The number of rotatable bonds is 6. The van der Waals surface area contributed by atoms with Crippen LogP contribution in [0.25, 0.3) is 5.69 Å². The third kappa shape index (κ3) is 3.97. The van der Waals surface area contributed by atoms with Crippen LogP contribution >= 0.6 is 0 Å². The van der Waals surface area contributed by atoms with Crippen LogP contribution in [0.2, 0.25) is 0 Å². The van der Waals surface area contributed by atoms with Gasteiger partial charge in [0.2, 0.25) is 0 Å². The first-order valence-electron chi connectivity index (χ1n) is 10.0. The first-order chi connectivity index (χ1) is 13.6. The Morgan fingerprint density at radius 3 is 2.38 bits per heavy atom. The van der Waals surface area contributed by atoms with E-state index in [9.17, 15) is 14.4 Å². The Kier molecular flexibility index (Phi) is 5.64. The Hall–Kier alpha value is -2.89. The summed E-state index contributed by atoms with van der Waals surface area (Å²) in [6, 6.07) is 6.99. The van der Waals surface area contributed by atoms with Gasteiger partial charge in [-0.3, -0.25) is 14.5 Å². The van der Waals surface area contributed by atoms with Crippen LogP contribution in [0.3, 0.4) is 0 Å². The van der Waals surface area contributed by atoms with E-state index in [0.29, 0.717) is 12.0 Å². The van der Waals surface area contributed by atoms with E-state index >= 15 is 0 Å². The molecule has 1 fully saturated rings. The van der Waals surface area contributed by atoms with Gasteiger partial charge in [-0.1, -0.05) is 19.9 Å². The summed E-state index contributed by atoms with van der Waals surface area (Å²) in [4.78, 5) is 38.8. The van der Waals surface area contributed by atoms with E-state index < -0.39 is 12.1 Å². The number of Topliss-reactive ketones (excluding diaryl/α,β-unsaturated/α-hetero) is 1. The molecule has 1 aromatic carbocycles. The monoisotopic (exact) mass is 395 g/mol. The van der Waals surface area contributed by atoms with Crippen LogP contribution in [0.5, 0.6) is 0 Å². The zero-order chi connectivity index (χ0) is 21.5. The molecule has 0 radical (unpaired) electrons. The maximum Gasteiger partial charge on any atom is 0.325 e. The van der Waals surface area contributed by atoms with Gasteiger partial charge < -0.3 is 9.88 Å². The smallest absolute Gasteiger partial charge is 0.325 e. The number of nitrogens with zero attached hydrogens (tertiary/aromatic N) is 2. The lowest BCUT2D eigenvalue weighted by Crippen LogP contribution is -2.36. The van der Waals surface area contributed by atoms with E-state index in [2.05, 4.69) is 31.3 Å². The Morgan fingerprint density at radius 1 is 1.07 bits per heavy atom. The van der Waals surface area contributed by atoms with Crippen LogP contribution in [-0.2, 0) is 4.79 Å². The van der Waals surface area contributed by atoms with Crippen molar-refractivity contribution in [3.63, 3.8) is 0 Å². The van der Waals surface area contributed by atoms with Crippen molar-refractivity contribution in [3.8, 4) is 5.69 Å². The molecule has 1 aromatic heterocycles. The number of aromatic nitrogens is 1. The molecule has 0 aliphatic carbocycles. The van der Waals surface area contributed by atoms with Crippen LogP contribution in [-0.4, -0.2) is 39.8 Å². The number of ketones is 1. The highest BCUT2D eigenvalue weighted by molar-refractivity contribution is 6.09. The van der Waals surface area contributed by atoms with Gasteiger partial charge in [0, 0.05) is 22.6 Å². The van der Waals surface area contributed by atoms with Gasteiger partial charge in [-0.15, -0.1) is 0 Å². The van der Waals surface area contributed by atoms with Gasteiger partial charge in [0.05, 0.1) is 6.54 Å². The predicted molar refractivity (Wildman–Crippen MR) is 113 cm³/mol. The summed E-state index contributed by atoms with van der Waals surface area (Å²) >= 11 is 0. The molecule has 6 heteroatoms. The largest absolute Gasteiger partial charge is 0.326 e. The molecular weight excluding hydrogens is 366 g/mol. The van der Waals surface area contributed by atoms with Crippen molar-refractivity contribution in [1.82, 2.24) is 14.8 Å². The lowest BCUT2D eigenvalue weighted by Gasteiger charge is -2.14. The molecule has 2 heterocycles. The van der Waals surface area contributed by atoms with E-state index in [-0.39, 0.29) is 24.2 Å². The molecule has 29 heavy (non-hydrogen) atoms. The van der Waals surface area contributed by atoms with Crippen LogP contribution in [0.15, 0.2) is 24.3 Å². The molecule has 0 bridgehead atoms. The molecular formula is C23H29N3O3. The fourth-order valence-corrected chi connectivity index (χ4v) is 3.89. The highest BCUT2D eigenvalue weighted by Gasteiger charge is 2.39. The first kappa shape index (κ1) is 20.8. The Bertz CT molecular complexity index is 987. The summed E-state index contributed by atoms with van der Waals surface area (Å²) in [6.07, 6.45) is 0.566. The number of carbonyl (C=O) groups excluding carboxylic acids is 3. The van der Waals surface area contributed by atoms with Crippen molar-refractivity contribution >= 4 is 17.7 Å². The lowest BCUT2D eigenvalue weighted by molar-refractivity contribution is -0.127. The highest BCUT2D eigenvalue weighted by atomic mass is 16.2. The minimum absolute atomic E-state index is 0.234. The van der Waals surface area contributed by atoms with Crippen molar-refractivity contribution in [2.45, 2.75) is 54.0 Å². The van der Waals surface area contributed by atoms with E-state index in [1.807, 2.05) is 44.4 Å². The van der Waals surface area contributed by atoms with Crippen molar-refractivity contribution in [2.24, 2.45) is 5.92 Å². The molecule has 3 rings (SSSR count). The van der Waals surface area contributed by atoms with Gasteiger partial charge in [0.15, 0.2) is 5.78 Å². The average molecular weight is 396 g/mol. The third-order valence-electron chi connectivity index (χ3n) is 5.60. The van der Waals surface area contributed by atoms with Crippen LogP contribution < -0.4 is 5.32 Å². The van der Waals surface area contributed by atoms with E-state index in [0.717, 1.165) is 22.0 Å². The van der Waals surface area contributed by atoms with Crippen molar-refractivity contribution in [1.29, 1.82) is 0 Å². The summed E-state index contributed by atoms with van der Waals surface area (Å²) in [5, 5.41) is 2.69. The number of nitrogens with one attached hydrogen (secondary N) is 1. The van der Waals surface area contributed by atoms with Gasteiger partial charge in [0.1, 0.15) is 6.04 Å². The predicted octanol–water partition coefficient (Wildman–Crippen LogP) is 3.86. The second-order valence-electron chi connectivity index (χ2n) is 8.37. The topological polar surface area (TPSA) is 71.4 Å². The summed E-state index contributed by atoms with van der Waals surface area (Å²) in [5.74, 6) is -0.279. The molecule has 2 aromatic rings. The van der Waals surface area contributed by atoms with Gasteiger partial charge in [-0.05, 0) is 69.4 Å². The van der Waals surface area contributed by atoms with E-state index in [1.165, 1.54) is 11.1 Å². The number of imide groups is 1. The highest BCUT2D eigenvalue weighted by Crippen LogP contribution is 2.24. The van der Waals surface area contributed by atoms with Gasteiger partial charge in [-0.2, -0.15) is 0 Å². The number of amides is 3. The fraction of sp³-hybridized carbons (Fsp3) is 0.435. The summed E-state index contributed by atoms with van der Waals surface area (Å²) < 4.78 is 2.03. The molecule has 0 spiro atoms. The number of benzene rings is 1. The number of hydrogen-bond donors (Lipinski definition) is 1. The molecule has 1 atom stereocenters. The molecule has 1 saturated heterocycles. The average Bonchev–Trinajstić information content (AvgIpc) is 3.07. The summed E-state index contributed by atoms with van der Waals surface area (Å²) in [5.41, 5.74) is 5.66. The number of carbonyl (C=O) groups is 3. The van der Waals surface area contributed by atoms with Crippen molar-refractivity contribution in [3.05, 3.63) is 52.3 Å². The van der Waals surface area contributed by atoms with Crippen molar-refractivity contribution < 1.29 is 14.4 Å². The van der Waals surface area contributed by atoms with E-state index in [1.54, 1.807) is 0 Å². The molecule has 1 aliphatic heterocycles. The molecule has 1 unspecified atom stereocenters. The van der Waals surface area contributed by atoms with Crippen LogP contribution in [0, 0.1) is 33.6 Å². The molecule has 1 aliphatic rings. The van der Waals surface area contributed by atoms with Gasteiger partial charge >= 0.3 is 6.03 Å². The van der Waals surface area contributed by atoms with Gasteiger partial charge in [0.25, 0.3) is 5.91 Å². The molecule has 6 nitrogen and oxygen atoms in total. The maximum absolute atomic E-state index is 13.0. The Labute approximate surface area is 171 Å². The van der Waals surface area contributed by atoms with Gasteiger partial charge in [-0.25, -0.2) is 4.79 Å². The number of aryl methyl sites for hydroxylation is 3.